The highest BCUT2D eigenvalue weighted by Crippen LogP contribution is 2.32. The molecule has 2 aliphatic rings. The van der Waals surface area contributed by atoms with Gasteiger partial charge in [0.2, 0.25) is 5.88 Å². The molecule has 3 aromatic heterocycles. The fourth-order valence-corrected chi connectivity index (χ4v) is 4.80. The summed E-state index contributed by atoms with van der Waals surface area (Å²) in [6.45, 7) is 7.64. The molecule has 0 saturated carbocycles. The van der Waals surface area contributed by atoms with Gasteiger partial charge in [0, 0.05) is 62.0 Å². The second-order valence-electron chi connectivity index (χ2n) is 8.97. The number of ether oxygens (including phenoxy) is 2. The first-order valence-electron chi connectivity index (χ1n) is 11.8. The Morgan fingerprint density at radius 2 is 1.88 bits per heavy atom. The third-order valence-electron chi connectivity index (χ3n) is 6.87. The van der Waals surface area contributed by atoms with Gasteiger partial charge in [-0.25, -0.2) is 14.1 Å². The van der Waals surface area contributed by atoms with Crippen LogP contribution in [0.15, 0.2) is 30.6 Å². The van der Waals surface area contributed by atoms with Crippen LogP contribution in [0.4, 0.5) is 4.39 Å². The monoisotopic (exact) mass is 466 g/mol. The Kier molecular flexibility index (Phi) is 6.58. The van der Waals surface area contributed by atoms with Crippen molar-refractivity contribution in [2.75, 3.05) is 53.6 Å². The van der Waals surface area contributed by atoms with Crippen LogP contribution in [-0.4, -0.2) is 83.1 Å². The number of piperazine rings is 1. The molecular weight excluding hydrogens is 435 g/mol. The van der Waals surface area contributed by atoms with Gasteiger partial charge in [0.1, 0.15) is 0 Å². The molecule has 0 aromatic carbocycles. The van der Waals surface area contributed by atoms with Crippen molar-refractivity contribution in [3.63, 3.8) is 0 Å². The molecule has 0 radical (unpaired) electrons. The molecule has 0 bridgehead atoms. The number of hydrogen-bond acceptors (Lipinski definition) is 7. The second-order valence-corrected chi connectivity index (χ2v) is 8.97. The smallest absolute Gasteiger partial charge is 0.250 e. The highest BCUT2D eigenvalue weighted by Gasteiger charge is 2.25. The minimum absolute atomic E-state index is 0.0257. The molecule has 180 valence electrons. The normalized spacial score (nSPS) is 18.4. The molecule has 3 aromatic rings. The molecule has 0 unspecified atom stereocenters. The fraction of sp³-hybridized carbons (Fsp3) is 0.480. The van der Waals surface area contributed by atoms with Gasteiger partial charge < -0.3 is 14.4 Å². The van der Waals surface area contributed by atoms with Crippen molar-refractivity contribution in [2.45, 2.75) is 25.8 Å². The molecule has 5 rings (SSSR count). The van der Waals surface area contributed by atoms with E-state index < -0.39 is 5.82 Å². The van der Waals surface area contributed by atoms with Gasteiger partial charge in [0.25, 0.3) is 0 Å². The molecule has 2 aliphatic heterocycles. The number of fused-ring (bicyclic) bond motifs is 1. The average molecular weight is 467 g/mol. The van der Waals surface area contributed by atoms with Crippen LogP contribution in [0.5, 0.6) is 5.88 Å². The number of pyridine rings is 2. The number of hydrogen-bond donors (Lipinski definition) is 0. The maximum atomic E-state index is 14.5. The van der Waals surface area contributed by atoms with Crippen LogP contribution < -0.4 is 4.74 Å². The Morgan fingerprint density at radius 3 is 2.65 bits per heavy atom. The Labute approximate surface area is 199 Å². The lowest BCUT2D eigenvalue weighted by Gasteiger charge is -2.36. The van der Waals surface area contributed by atoms with Crippen LogP contribution >= 0.6 is 0 Å². The van der Waals surface area contributed by atoms with Crippen LogP contribution in [0, 0.1) is 5.82 Å². The number of aromatic nitrogens is 4. The van der Waals surface area contributed by atoms with E-state index in [1.165, 1.54) is 13.2 Å². The average Bonchev–Trinajstić information content (AvgIpc) is 3.04. The third-order valence-corrected chi connectivity index (χ3v) is 6.87. The van der Waals surface area contributed by atoms with Crippen LogP contribution in [0.3, 0.4) is 0 Å². The minimum Gasteiger partial charge on any atom is -0.479 e. The van der Waals surface area contributed by atoms with Crippen molar-refractivity contribution in [2.24, 2.45) is 0 Å². The summed E-state index contributed by atoms with van der Waals surface area (Å²) in [6.07, 6.45) is 4.91. The molecule has 8 nitrogen and oxygen atoms in total. The SMILES string of the molecule is COc1ncc(-n2nc(-c3ccnc([C@@H](C)N4CCN(C)CC4)c3)c3c2CCOCC3)cc1F. The Hall–Kier alpha value is -2.88. The van der Waals surface area contributed by atoms with Crippen LogP contribution in [-0.2, 0) is 17.6 Å². The molecule has 0 spiro atoms. The van der Waals surface area contributed by atoms with E-state index in [9.17, 15) is 4.39 Å². The maximum absolute atomic E-state index is 14.5. The van der Waals surface area contributed by atoms with Crippen LogP contribution in [0.25, 0.3) is 16.9 Å². The molecule has 1 fully saturated rings. The van der Waals surface area contributed by atoms with Gasteiger partial charge in [-0.05, 0) is 32.5 Å². The summed E-state index contributed by atoms with van der Waals surface area (Å²) in [5.74, 6) is -0.537. The van der Waals surface area contributed by atoms with E-state index in [-0.39, 0.29) is 11.9 Å². The van der Waals surface area contributed by atoms with Gasteiger partial charge in [-0.3, -0.25) is 9.88 Å². The number of likely N-dealkylation sites (N-methyl/N-ethyl adjacent to an activating group) is 1. The summed E-state index contributed by atoms with van der Waals surface area (Å²) in [7, 11) is 3.57. The van der Waals surface area contributed by atoms with E-state index in [0.29, 0.717) is 25.3 Å². The maximum Gasteiger partial charge on any atom is 0.250 e. The Balaban J connectivity index is 1.53. The van der Waals surface area contributed by atoms with E-state index in [1.54, 1.807) is 10.9 Å². The number of rotatable bonds is 5. The number of halogens is 1. The summed E-state index contributed by atoms with van der Waals surface area (Å²) < 4.78 is 27.0. The summed E-state index contributed by atoms with van der Waals surface area (Å²) >= 11 is 0. The zero-order valence-electron chi connectivity index (χ0n) is 20.0. The summed E-state index contributed by atoms with van der Waals surface area (Å²) in [6, 6.07) is 5.79. The predicted octanol–water partition coefficient (Wildman–Crippen LogP) is 2.90. The first-order valence-corrected chi connectivity index (χ1v) is 11.8. The summed E-state index contributed by atoms with van der Waals surface area (Å²) in [5.41, 5.74) is 5.69. The zero-order valence-corrected chi connectivity index (χ0v) is 20.0. The van der Waals surface area contributed by atoms with Crippen LogP contribution in [0.2, 0.25) is 0 Å². The standard InChI is InChI=1S/C25H31FN6O2/c1-17(31-10-8-30(2)9-11-31)22-14-18(4-7-27-22)24-20-5-12-34-13-6-23(20)32(29-24)19-15-21(26)25(33-3)28-16-19/h4,7,14-17H,5-6,8-13H2,1-3H3/t17-/m1/s1. The lowest BCUT2D eigenvalue weighted by Crippen LogP contribution is -2.45. The first kappa shape index (κ1) is 22.9. The van der Waals surface area contributed by atoms with Gasteiger partial charge in [0.05, 0.1) is 49.3 Å². The molecule has 9 heteroatoms. The highest BCUT2D eigenvalue weighted by molar-refractivity contribution is 5.65. The Bertz CT molecular complexity index is 1160. The quantitative estimate of drug-likeness (QED) is 0.573. The van der Waals surface area contributed by atoms with Gasteiger partial charge in [-0.1, -0.05) is 0 Å². The van der Waals surface area contributed by atoms with Gasteiger partial charge in [0.15, 0.2) is 5.82 Å². The van der Waals surface area contributed by atoms with Crippen molar-refractivity contribution >= 4 is 0 Å². The van der Waals surface area contributed by atoms with Gasteiger partial charge in [-0.15, -0.1) is 0 Å². The van der Waals surface area contributed by atoms with E-state index in [1.807, 2.05) is 12.3 Å². The molecule has 0 N–H and O–H groups in total. The lowest BCUT2D eigenvalue weighted by molar-refractivity contribution is 0.117. The first-order chi connectivity index (χ1) is 16.5. The molecule has 1 atom stereocenters. The molecule has 34 heavy (non-hydrogen) atoms. The zero-order chi connectivity index (χ0) is 23.7. The third kappa shape index (κ3) is 4.43. The summed E-state index contributed by atoms with van der Waals surface area (Å²) in [4.78, 5) is 13.6. The van der Waals surface area contributed by atoms with Crippen LogP contribution in [0.1, 0.15) is 29.9 Å². The van der Waals surface area contributed by atoms with Crippen molar-refractivity contribution in [3.05, 3.63) is 53.4 Å². The van der Waals surface area contributed by atoms with Gasteiger partial charge in [-0.2, -0.15) is 5.10 Å². The van der Waals surface area contributed by atoms with Crippen molar-refractivity contribution in [1.29, 1.82) is 0 Å². The molecule has 5 heterocycles. The number of methoxy groups -OCH3 is 1. The minimum atomic E-state index is -0.511. The van der Waals surface area contributed by atoms with E-state index in [0.717, 1.165) is 60.8 Å². The largest absolute Gasteiger partial charge is 0.479 e. The molecule has 0 amide bonds. The number of nitrogens with zero attached hydrogens (tertiary/aromatic N) is 6. The van der Waals surface area contributed by atoms with E-state index >= 15 is 0 Å². The van der Waals surface area contributed by atoms with E-state index in [2.05, 4.69) is 34.8 Å². The topological polar surface area (TPSA) is 68.5 Å². The second kappa shape index (κ2) is 9.77. The van der Waals surface area contributed by atoms with Crippen molar-refractivity contribution in [1.82, 2.24) is 29.5 Å². The Morgan fingerprint density at radius 1 is 1.09 bits per heavy atom. The van der Waals surface area contributed by atoms with Crippen molar-refractivity contribution in [3.8, 4) is 22.8 Å². The van der Waals surface area contributed by atoms with E-state index in [4.69, 9.17) is 19.6 Å². The van der Waals surface area contributed by atoms with Gasteiger partial charge >= 0.3 is 0 Å². The summed E-state index contributed by atoms with van der Waals surface area (Å²) in [5, 5.41) is 4.96. The lowest BCUT2D eigenvalue weighted by atomic mass is 10.0. The molecular formula is C25H31FN6O2. The predicted molar refractivity (Wildman–Crippen MR) is 127 cm³/mol. The fourth-order valence-electron chi connectivity index (χ4n) is 4.80. The highest BCUT2D eigenvalue weighted by atomic mass is 19.1. The van der Waals surface area contributed by atoms with Crippen molar-refractivity contribution < 1.29 is 13.9 Å². The molecule has 1 saturated heterocycles. The molecule has 0 aliphatic carbocycles.